The molecule has 0 saturated carbocycles. The standard InChI is InChI=1S/C20H28N4O4/c1-14-21-18(23-28-14)17-11-10-16(12-24(17)19(25)27-20(2,3)4)22-26-13-15-8-6-5-7-9-15/h5-9,16-17,22H,10-13H2,1-4H3/t16-,17+/m1/s1. The number of piperidine rings is 1. The van der Waals surface area contributed by atoms with Crippen LogP contribution in [0.5, 0.6) is 0 Å². The van der Waals surface area contributed by atoms with Crippen molar-refractivity contribution in [2.45, 2.75) is 64.8 Å². The van der Waals surface area contributed by atoms with Crippen LogP contribution in [0.15, 0.2) is 34.9 Å². The van der Waals surface area contributed by atoms with Gasteiger partial charge in [0.1, 0.15) is 5.60 Å². The number of amides is 1. The van der Waals surface area contributed by atoms with Crippen molar-refractivity contribution in [3.05, 3.63) is 47.6 Å². The maximum absolute atomic E-state index is 12.8. The van der Waals surface area contributed by atoms with Crippen molar-refractivity contribution >= 4 is 6.09 Å². The Balaban J connectivity index is 1.64. The molecule has 1 saturated heterocycles. The number of aryl methyl sites for hydroxylation is 1. The minimum absolute atomic E-state index is 0.0134. The number of aromatic nitrogens is 2. The summed E-state index contributed by atoms with van der Waals surface area (Å²) in [6.45, 7) is 8.17. The van der Waals surface area contributed by atoms with E-state index in [0.717, 1.165) is 12.0 Å². The van der Waals surface area contributed by atoms with E-state index in [9.17, 15) is 4.79 Å². The normalized spacial score (nSPS) is 20.2. The predicted molar refractivity (Wildman–Crippen MR) is 102 cm³/mol. The summed E-state index contributed by atoms with van der Waals surface area (Å²) in [5, 5.41) is 4.01. The lowest BCUT2D eigenvalue weighted by atomic mass is 9.98. The Morgan fingerprint density at radius 1 is 1.29 bits per heavy atom. The quantitative estimate of drug-likeness (QED) is 0.784. The topological polar surface area (TPSA) is 89.7 Å². The molecule has 1 amide bonds. The van der Waals surface area contributed by atoms with Gasteiger partial charge in [-0.15, -0.1) is 0 Å². The number of nitrogens with zero attached hydrogens (tertiary/aromatic N) is 3. The number of carbonyl (C=O) groups excluding carboxylic acids is 1. The van der Waals surface area contributed by atoms with Crippen LogP contribution in [0.25, 0.3) is 0 Å². The van der Waals surface area contributed by atoms with Crippen LogP contribution in [0.2, 0.25) is 0 Å². The summed E-state index contributed by atoms with van der Waals surface area (Å²) < 4.78 is 10.7. The van der Waals surface area contributed by atoms with E-state index >= 15 is 0 Å². The van der Waals surface area contributed by atoms with E-state index in [2.05, 4.69) is 15.6 Å². The van der Waals surface area contributed by atoms with Crippen molar-refractivity contribution in [3.63, 3.8) is 0 Å². The number of hydrogen-bond acceptors (Lipinski definition) is 7. The lowest BCUT2D eigenvalue weighted by Crippen LogP contribution is -2.50. The fourth-order valence-corrected chi connectivity index (χ4v) is 3.13. The third-order valence-electron chi connectivity index (χ3n) is 4.38. The molecule has 2 heterocycles. The molecule has 0 aliphatic carbocycles. The smallest absolute Gasteiger partial charge is 0.410 e. The highest BCUT2D eigenvalue weighted by molar-refractivity contribution is 5.69. The first kappa shape index (κ1) is 20.3. The van der Waals surface area contributed by atoms with Crippen molar-refractivity contribution in [2.75, 3.05) is 6.54 Å². The average molecular weight is 388 g/mol. The fraction of sp³-hybridized carbons (Fsp3) is 0.550. The molecule has 3 rings (SSSR count). The molecule has 0 radical (unpaired) electrons. The van der Waals surface area contributed by atoms with Gasteiger partial charge in [0.25, 0.3) is 0 Å². The molecule has 8 nitrogen and oxygen atoms in total. The second kappa shape index (κ2) is 8.70. The summed E-state index contributed by atoms with van der Waals surface area (Å²) in [6.07, 6.45) is 1.10. The monoisotopic (exact) mass is 388 g/mol. The molecule has 28 heavy (non-hydrogen) atoms. The van der Waals surface area contributed by atoms with E-state index in [1.807, 2.05) is 51.1 Å². The van der Waals surface area contributed by atoms with Gasteiger partial charge in [-0.3, -0.25) is 9.74 Å². The summed E-state index contributed by atoms with van der Waals surface area (Å²) in [6, 6.07) is 9.63. The second-order valence-electron chi connectivity index (χ2n) is 7.99. The first-order valence-corrected chi connectivity index (χ1v) is 9.53. The number of nitrogens with one attached hydrogen (secondary N) is 1. The number of likely N-dealkylation sites (tertiary alicyclic amines) is 1. The summed E-state index contributed by atoms with van der Waals surface area (Å²) in [7, 11) is 0. The number of benzene rings is 1. The molecule has 0 unspecified atom stereocenters. The Hall–Kier alpha value is -2.45. The molecular weight excluding hydrogens is 360 g/mol. The molecule has 1 fully saturated rings. The maximum atomic E-state index is 12.8. The fourth-order valence-electron chi connectivity index (χ4n) is 3.13. The number of hydroxylamine groups is 1. The van der Waals surface area contributed by atoms with Crippen LogP contribution >= 0.6 is 0 Å². The van der Waals surface area contributed by atoms with Gasteiger partial charge < -0.3 is 9.26 Å². The zero-order chi connectivity index (χ0) is 20.1. The third kappa shape index (κ3) is 5.53. The van der Waals surface area contributed by atoms with Crippen molar-refractivity contribution in [3.8, 4) is 0 Å². The summed E-state index contributed by atoms with van der Waals surface area (Å²) in [4.78, 5) is 24.4. The highest BCUT2D eigenvalue weighted by Gasteiger charge is 2.37. The van der Waals surface area contributed by atoms with E-state index in [1.54, 1.807) is 11.8 Å². The van der Waals surface area contributed by atoms with Crippen molar-refractivity contribution in [2.24, 2.45) is 0 Å². The summed E-state index contributed by atoms with van der Waals surface area (Å²) >= 11 is 0. The van der Waals surface area contributed by atoms with Gasteiger partial charge in [-0.25, -0.2) is 4.79 Å². The largest absolute Gasteiger partial charge is 0.444 e. The van der Waals surface area contributed by atoms with Crippen LogP contribution in [0.1, 0.15) is 56.9 Å². The van der Waals surface area contributed by atoms with Crippen LogP contribution in [0, 0.1) is 6.92 Å². The van der Waals surface area contributed by atoms with Gasteiger partial charge in [0.2, 0.25) is 5.89 Å². The van der Waals surface area contributed by atoms with Crippen LogP contribution in [-0.2, 0) is 16.2 Å². The highest BCUT2D eigenvalue weighted by atomic mass is 16.6. The Bertz CT molecular complexity index is 772. The molecule has 1 aliphatic rings. The van der Waals surface area contributed by atoms with E-state index in [4.69, 9.17) is 14.1 Å². The average Bonchev–Trinajstić information content (AvgIpc) is 3.07. The van der Waals surface area contributed by atoms with Gasteiger partial charge in [-0.1, -0.05) is 35.5 Å². The van der Waals surface area contributed by atoms with Crippen LogP contribution in [0.3, 0.4) is 0 Å². The molecule has 152 valence electrons. The number of rotatable bonds is 5. The molecule has 1 aliphatic heterocycles. The Kier molecular flexibility index (Phi) is 6.31. The van der Waals surface area contributed by atoms with Gasteiger partial charge in [0, 0.05) is 13.5 Å². The molecule has 2 aromatic rings. The van der Waals surface area contributed by atoms with E-state index < -0.39 is 11.7 Å². The van der Waals surface area contributed by atoms with Gasteiger partial charge in [-0.05, 0) is 39.2 Å². The summed E-state index contributed by atoms with van der Waals surface area (Å²) in [5.41, 5.74) is 3.58. The van der Waals surface area contributed by atoms with Crippen LogP contribution in [-0.4, -0.2) is 39.3 Å². The maximum Gasteiger partial charge on any atom is 0.410 e. The number of ether oxygens (including phenoxy) is 1. The van der Waals surface area contributed by atoms with Crippen LogP contribution in [0.4, 0.5) is 4.79 Å². The van der Waals surface area contributed by atoms with Crippen molar-refractivity contribution in [1.29, 1.82) is 0 Å². The molecular formula is C20H28N4O4. The second-order valence-corrected chi connectivity index (χ2v) is 7.99. The highest BCUT2D eigenvalue weighted by Crippen LogP contribution is 2.31. The molecule has 0 spiro atoms. The van der Waals surface area contributed by atoms with Crippen LogP contribution < -0.4 is 5.48 Å². The lowest BCUT2D eigenvalue weighted by molar-refractivity contribution is -0.0346. The first-order valence-electron chi connectivity index (χ1n) is 9.53. The van der Waals surface area contributed by atoms with E-state index in [1.165, 1.54) is 0 Å². The van der Waals surface area contributed by atoms with Crippen molar-refractivity contribution in [1.82, 2.24) is 20.5 Å². The molecule has 2 atom stereocenters. The Morgan fingerprint density at radius 2 is 2.04 bits per heavy atom. The zero-order valence-electron chi connectivity index (χ0n) is 16.8. The zero-order valence-corrected chi connectivity index (χ0v) is 16.8. The van der Waals surface area contributed by atoms with Gasteiger partial charge in [0.15, 0.2) is 5.82 Å². The lowest BCUT2D eigenvalue weighted by Gasteiger charge is -2.38. The molecule has 1 aromatic heterocycles. The Labute approximate surface area is 165 Å². The van der Waals surface area contributed by atoms with E-state index in [-0.39, 0.29) is 12.1 Å². The predicted octanol–water partition coefficient (Wildman–Crippen LogP) is 3.54. The Morgan fingerprint density at radius 3 is 2.68 bits per heavy atom. The first-order chi connectivity index (χ1) is 13.3. The molecule has 1 aromatic carbocycles. The van der Waals surface area contributed by atoms with Gasteiger partial charge in [0.05, 0.1) is 18.7 Å². The minimum Gasteiger partial charge on any atom is -0.444 e. The molecule has 8 heteroatoms. The van der Waals surface area contributed by atoms with Gasteiger partial charge in [-0.2, -0.15) is 10.5 Å². The molecule has 1 N–H and O–H groups in total. The van der Waals surface area contributed by atoms with Gasteiger partial charge >= 0.3 is 6.09 Å². The summed E-state index contributed by atoms with van der Waals surface area (Å²) in [5.74, 6) is 0.984. The third-order valence-corrected chi connectivity index (χ3v) is 4.38. The van der Waals surface area contributed by atoms with E-state index in [0.29, 0.717) is 31.3 Å². The minimum atomic E-state index is -0.584. The number of hydrogen-bond donors (Lipinski definition) is 1. The molecule has 0 bridgehead atoms. The van der Waals surface area contributed by atoms with Crippen molar-refractivity contribution < 1.29 is 18.9 Å². The SMILES string of the molecule is Cc1nc([C@@H]2CC[C@@H](NOCc3ccccc3)CN2C(=O)OC(C)(C)C)no1. The number of carbonyl (C=O) groups is 1.